The number of nitrogen functional groups attached to an aromatic ring is 2. The van der Waals surface area contributed by atoms with Gasteiger partial charge in [0.2, 0.25) is 5.95 Å². The van der Waals surface area contributed by atoms with E-state index in [2.05, 4.69) is 25.6 Å². The predicted molar refractivity (Wildman–Crippen MR) is 151 cm³/mol. The zero-order valence-electron chi connectivity index (χ0n) is 20.9. The van der Waals surface area contributed by atoms with E-state index >= 15 is 0 Å². The number of hydrogen-bond acceptors (Lipinski definition) is 8. The number of fused-ring (bicyclic) bond motifs is 2. The molecule has 200 valence electrons. The maximum atomic E-state index is 13.2. The number of nitrogens with zero attached hydrogens (tertiary/aromatic N) is 4. The molecule has 6 rings (SSSR count). The largest absolute Gasteiger partial charge is 0.416 e. The maximum Gasteiger partial charge on any atom is 0.416 e. The minimum absolute atomic E-state index is 0.0366. The molecule has 0 saturated carbocycles. The molecule has 3 aromatic carbocycles. The first kappa shape index (κ1) is 25.1. The van der Waals surface area contributed by atoms with E-state index in [-0.39, 0.29) is 23.3 Å². The Kier molecular flexibility index (Phi) is 6.18. The van der Waals surface area contributed by atoms with Gasteiger partial charge in [-0.15, -0.1) is 0 Å². The number of rotatable bonds is 4. The van der Waals surface area contributed by atoms with Gasteiger partial charge in [0, 0.05) is 29.4 Å². The Morgan fingerprint density at radius 3 is 2.52 bits per heavy atom. The quantitative estimate of drug-likeness (QED) is 0.201. The van der Waals surface area contributed by atoms with Gasteiger partial charge in [0.15, 0.2) is 11.6 Å². The molecule has 0 fully saturated rings. The molecule has 1 unspecified atom stereocenters. The van der Waals surface area contributed by atoms with Crippen molar-refractivity contribution < 1.29 is 13.2 Å². The molecule has 1 aliphatic heterocycles. The molecule has 8 nitrogen and oxygen atoms in total. The van der Waals surface area contributed by atoms with Crippen LogP contribution in [0.3, 0.4) is 0 Å². The fourth-order valence-electron chi connectivity index (χ4n) is 4.73. The summed E-state index contributed by atoms with van der Waals surface area (Å²) in [6.45, 7) is 0. The topological polar surface area (TPSA) is 127 Å². The highest BCUT2D eigenvalue weighted by atomic mass is 19.4. The first-order valence-electron chi connectivity index (χ1n) is 12.4. The number of anilines is 5. The summed E-state index contributed by atoms with van der Waals surface area (Å²) in [4.78, 5) is 17.4. The third kappa shape index (κ3) is 4.96. The maximum absolute atomic E-state index is 13.2. The van der Waals surface area contributed by atoms with Crippen LogP contribution in [0, 0.1) is 0 Å². The van der Waals surface area contributed by atoms with Crippen molar-refractivity contribution >= 4 is 51.3 Å². The summed E-state index contributed by atoms with van der Waals surface area (Å²) in [5, 5.41) is 7.34. The van der Waals surface area contributed by atoms with E-state index in [1.165, 1.54) is 12.3 Å². The molecule has 3 heterocycles. The SMILES string of the molecule is Nc1nc(N)c2c(n1)NC(c1cccc(Nc3ccnc4cc(C(F)(F)F)ccc34)c1)CC(c1ccccc1)=N2. The fraction of sp³-hybridized carbons (Fsp3) is 0.103. The average molecular weight is 541 g/mol. The standard InChI is InChI=1S/C29H23F3N8/c30-29(31,32)18-9-10-20-21(11-12-35-24(20)14-18)36-19-8-4-7-17(13-19)23-15-22(16-5-2-1-3-6-16)37-25-26(33)39-28(34)40-27(25)38-23/h1-14,23H,15H2,(H,35,36)(H5,33,34,38,39,40). The number of benzene rings is 3. The number of nitrogens with one attached hydrogen (secondary N) is 2. The summed E-state index contributed by atoms with van der Waals surface area (Å²) in [5.41, 5.74) is 16.0. The smallest absolute Gasteiger partial charge is 0.382 e. The van der Waals surface area contributed by atoms with Crippen molar-refractivity contribution in [2.45, 2.75) is 18.6 Å². The highest BCUT2D eigenvalue weighted by Crippen LogP contribution is 2.39. The van der Waals surface area contributed by atoms with E-state index < -0.39 is 11.7 Å². The van der Waals surface area contributed by atoms with Crippen molar-refractivity contribution in [2.75, 3.05) is 22.1 Å². The van der Waals surface area contributed by atoms with Crippen LogP contribution >= 0.6 is 0 Å². The second-order valence-electron chi connectivity index (χ2n) is 9.33. The monoisotopic (exact) mass is 540 g/mol. The van der Waals surface area contributed by atoms with Crippen LogP contribution in [0.4, 0.5) is 47.8 Å². The Balaban J connectivity index is 1.36. The Morgan fingerprint density at radius 2 is 1.73 bits per heavy atom. The number of nitrogens with two attached hydrogens (primary N) is 2. The number of pyridine rings is 1. The van der Waals surface area contributed by atoms with Gasteiger partial charge in [0.1, 0.15) is 5.69 Å². The lowest BCUT2D eigenvalue weighted by Gasteiger charge is -2.20. The fourth-order valence-corrected chi connectivity index (χ4v) is 4.73. The zero-order valence-corrected chi connectivity index (χ0v) is 20.9. The normalized spacial score (nSPS) is 15.1. The van der Waals surface area contributed by atoms with Gasteiger partial charge in [-0.05, 0) is 41.5 Å². The number of halogens is 3. The molecule has 0 aliphatic carbocycles. The second kappa shape index (κ2) is 9.84. The van der Waals surface area contributed by atoms with Crippen LogP contribution in [0.1, 0.15) is 29.2 Å². The van der Waals surface area contributed by atoms with Crippen LogP contribution in [-0.2, 0) is 6.18 Å². The van der Waals surface area contributed by atoms with Crippen LogP contribution in [0.25, 0.3) is 10.9 Å². The molecule has 0 spiro atoms. The number of alkyl halides is 3. The van der Waals surface area contributed by atoms with Crippen molar-refractivity contribution in [1.82, 2.24) is 15.0 Å². The minimum Gasteiger partial charge on any atom is -0.382 e. The van der Waals surface area contributed by atoms with Crippen LogP contribution in [0.5, 0.6) is 0 Å². The molecule has 0 saturated heterocycles. The minimum atomic E-state index is -4.44. The van der Waals surface area contributed by atoms with E-state index in [1.54, 1.807) is 6.07 Å². The predicted octanol–water partition coefficient (Wildman–Crippen LogP) is 6.63. The number of hydrogen-bond donors (Lipinski definition) is 4. The van der Waals surface area contributed by atoms with Crippen molar-refractivity contribution in [3.63, 3.8) is 0 Å². The van der Waals surface area contributed by atoms with E-state index in [9.17, 15) is 13.2 Å². The van der Waals surface area contributed by atoms with E-state index in [0.29, 0.717) is 29.0 Å². The van der Waals surface area contributed by atoms with Gasteiger partial charge in [-0.3, -0.25) is 4.98 Å². The van der Waals surface area contributed by atoms with E-state index in [0.717, 1.165) is 34.7 Å². The first-order chi connectivity index (χ1) is 19.2. The zero-order chi connectivity index (χ0) is 27.9. The number of aliphatic imine (C=N–C) groups is 1. The summed E-state index contributed by atoms with van der Waals surface area (Å²) >= 11 is 0. The Morgan fingerprint density at radius 1 is 0.900 bits per heavy atom. The summed E-state index contributed by atoms with van der Waals surface area (Å²) < 4.78 is 39.6. The molecule has 11 heteroatoms. The van der Waals surface area contributed by atoms with Crippen LogP contribution < -0.4 is 22.1 Å². The second-order valence-corrected chi connectivity index (χ2v) is 9.33. The molecule has 6 N–H and O–H groups in total. The molecule has 1 aliphatic rings. The summed E-state index contributed by atoms with van der Waals surface area (Å²) in [5.74, 6) is 0.646. The van der Waals surface area contributed by atoms with Crippen molar-refractivity contribution in [2.24, 2.45) is 4.99 Å². The molecule has 0 amide bonds. The van der Waals surface area contributed by atoms with Gasteiger partial charge >= 0.3 is 6.18 Å². The van der Waals surface area contributed by atoms with Gasteiger partial charge in [0.25, 0.3) is 0 Å². The Labute approximate surface area is 227 Å². The Hall–Kier alpha value is -5.19. The van der Waals surface area contributed by atoms with Crippen LogP contribution in [-0.4, -0.2) is 20.7 Å². The highest BCUT2D eigenvalue weighted by molar-refractivity contribution is 6.04. The van der Waals surface area contributed by atoms with E-state index in [1.807, 2.05) is 54.6 Å². The molecule has 0 bridgehead atoms. The van der Waals surface area contributed by atoms with E-state index in [4.69, 9.17) is 16.5 Å². The lowest BCUT2D eigenvalue weighted by atomic mass is 9.97. The summed E-state index contributed by atoms with van der Waals surface area (Å²) in [6.07, 6.45) is -2.45. The van der Waals surface area contributed by atoms with Gasteiger partial charge in [-0.25, -0.2) is 4.99 Å². The average Bonchev–Trinajstić information content (AvgIpc) is 3.13. The van der Waals surface area contributed by atoms with Crippen LogP contribution in [0.15, 0.2) is 90.1 Å². The molecule has 2 aromatic heterocycles. The van der Waals surface area contributed by atoms with Crippen LogP contribution in [0.2, 0.25) is 0 Å². The summed E-state index contributed by atoms with van der Waals surface area (Å²) in [7, 11) is 0. The third-order valence-electron chi connectivity index (χ3n) is 6.63. The van der Waals surface area contributed by atoms with Crippen molar-refractivity contribution in [1.29, 1.82) is 0 Å². The molecule has 0 radical (unpaired) electrons. The van der Waals surface area contributed by atoms with Gasteiger partial charge in [0.05, 0.1) is 22.8 Å². The number of aromatic nitrogens is 3. The molecule has 1 atom stereocenters. The van der Waals surface area contributed by atoms with Crippen molar-refractivity contribution in [3.05, 3.63) is 102 Å². The third-order valence-corrected chi connectivity index (χ3v) is 6.63. The lowest BCUT2D eigenvalue weighted by molar-refractivity contribution is -0.137. The molecular weight excluding hydrogens is 517 g/mol. The van der Waals surface area contributed by atoms with Gasteiger partial charge in [-0.1, -0.05) is 48.5 Å². The lowest BCUT2D eigenvalue weighted by Crippen LogP contribution is -2.15. The molecular formula is C29H23F3N8. The molecule has 5 aromatic rings. The first-order valence-corrected chi connectivity index (χ1v) is 12.4. The van der Waals surface area contributed by atoms with Gasteiger partial charge < -0.3 is 22.1 Å². The highest BCUT2D eigenvalue weighted by Gasteiger charge is 2.30. The van der Waals surface area contributed by atoms with Gasteiger partial charge in [-0.2, -0.15) is 23.1 Å². The summed E-state index contributed by atoms with van der Waals surface area (Å²) in [6, 6.07) is 22.5. The Bertz CT molecular complexity index is 1750. The van der Waals surface area contributed by atoms with Crippen molar-refractivity contribution in [3.8, 4) is 0 Å². The molecule has 40 heavy (non-hydrogen) atoms.